The number of ether oxygens (including phenoxy) is 1. The van der Waals surface area contributed by atoms with Gasteiger partial charge in [-0.15, -0.1) is 0 Å². The maximum Gasteiger partial charge on any atom is 0.175 e. The van der Waals surface area contributed by atoms with Gasteiger partial charge in [0.15, 0.2) is 5.11 Å². The highest BCUT2D eigenvalue weighted by atomic mass is 32.1. The van der Waals surface area contributed by atoms with Crippen LogP contribution < -0.4 is 15.4 Å². The third-order valence-electron chi connectivity index (χ3n) is 2.59. The van der Waals surface area contributed by atoms with Crippen LogP contribution in [0.5, 0.6) is 5.75 Å². The Balaban J connectivity index is 1.91. The van der Waals surface area contributed by atoms with Crippen LogP contribution in [0.1, 0.15) is 13.8 Å². The molecule has 0 heterocycles. The van der Waals surface area contributed by atoms with Gasteiger partial charge < -0.3 is 15.4 Å². The van der Waals surface area contributed by atoms with Crippen molar-refractivity contribution >= 4 is 28.7 Å². The predicted molar refractivity (Wildman–Crippen MR) is 88.4 cm³/mol. The van der Waals surface area contributed by atoms with Gasteiger partial charge in [-0.1, -0.05) is 0 Å². The van der Waals surface area contributed by atoms with Crippen molar-refractivity contribution in [2.24, 2.45) is 0 Å². The van der Waals surface area contributed by atoms with Crippen LogP contribution in [0, 0.1) is 5.82 Å². The lowest BCUT2D eigenvalue weighted by Gasteiger charge is -2.12. The van der Waals surface area contributed by atoms with Gasteiger partial charge in [0.05, 0.1) is 6.10 Å². The molecule has 0 radical (unpaired) electrons. The molecule has 3 nitrogen and oxygen atoms in total. The third-order valence-corrected chi connectivity index (χ3v) is 2.79. The van der Waals surface area contributed by atoms with E-state index < -0.39 is 0 Å². The van der Waals surface area contributed by atoms with Crippen molar-refractivity contribution in [3.63, 3.8) is 0 Å². The van der Waals surface area contributed by atoms with Gasteiger partial charge in [0.2, 0.25) is 0 Å². The fourth-order valence-corrected chi connectivity index (χ4v) is 1.95. The van der Waals surface area contributed by atoms with Crippen LogP contribution in [0.15, 0.2) is 48.5 Å². The summed E-state index contributed by atoms with van der Waals surface area (Å²) in [6.45, 7) is 3.96. The Kier molecular flexibility index (Phi) is 5.11. The Morgan fingerprint density at radius 1 is 0.952 bits per heavy atom. The monoisotopic (exact) mass is 304 g/mol. The van der Waals surface area contributed by atoms with Crippen LogP contribution >= 0.6 is 12.2 Å². The van der Waals surface area contributed by atoms with Crippen molar-refractivity contribution in [3.05, 3.63) is 54.3 Å². The molecule has 21 heavy (non-hydrogen) atoms. The highest BCUT2D eigenvalue weighted by Crippen LogP contribution is 2.17. The molecular formula is C16H17FN2OS. The van der Waals surface area contributed by atoms with E-state index in [-0.39, 0.29) is 11.9 Å². The number of hydrogen-bond acceptors (Lipinski definition) is 2. The zero-order valence-electron chi connectivity index (χ0n) is 11.9. The summed E-state index contributed by atoms with van der Waals surface area (Å²) in [4.78, 5) is 0. The molecule has 5 heteroatoms. The standard InChI is InChI=1S/C16H17FN2OS/c1-11(2)20-15-9-7-14(8-10-15)19-16(21)18-13-5-3-12(17)4-6-13/h3-11H,1-2H3,(H2,18,19,21). The quantitative estimate of drug-likeness (QED) is 0.819. The number of nitrogens with one attached hydrogen (secondary N) is 2. The van der Waals surface area contributed by atoms with Crippen LogP contribution in [0.4, 0.5) is 15.8 Å². The molecule has 0 amide bonds. The van der Waals surface area contributed by atoms with Crippen molar-refractivity contribution in [2.75, 3.05) is 10.6 Å². The first kappa shape index (κ1) is 15.3. The van der Waals surface area contributed by atoms with Gasteiger partial charge in [-0.2, -0.15) is 0 Å². The Labute approximate surface area is 129 Å². The van der Waals surface area contributed by atoms with Gasteiger partial charge >= 0.3 is 0 Å². The largest absolute Gasteiger partial charge is 0.491 e. The summed E-state index contributed by atoms with van der Waals surface area (Å²) in [5.74, 6) is 0.535. The Morgan fingerprint density at radius 3 is 1.90 bits per heavy atom. The number of anilines is 2. The first-order valence-electron chi connectivity index (χ1n) is 6.63. The number of hydrogen-bond donors (Lipinski definition) is 2. The lowest BCUT2D eigenvalue weighted by atomic mass is 10.3. The maximum absolute atomic E-state index is 12.8. The van der Waals surface area contributed by atoms with Crippen LogP contribution in [-0.4, -0.2) is 11.2 Å². The predicted octanol–water partition coefficient (Wildman–Crippen LogP) is 4.42. The summed E-state index contributed by atoms with van der Waals surface area (Å²) < 4.78 is 18.4. The van der Waals surface area contributed by atoms with E-state index in [4.69, 9.17) is 17.0 Å². The normalized spacial score (nSPS) is 10.3. The van der Waals surface area contributed by atoms with Gasteiger partial charge in [0.25, 0.3) is 0 Å². The second-order valence-corrected chi connectivity index (χ2v) is 5.19. The number of rotatable bonds is 4. The number of thiocarbonyl (C=S) groups is 1. The summed E-state index contributed by atoms with van der Waals surface area (Å²) in [7, 11) is 0. The number of benzene rings is 2. The average Bonchev–Trinajstić information content (AvgIpc) is 2.43. The molecule has 0 spiro atoms. The van der Waals surface area contributed by atoms with Crippen molar-refractivity contribution in [2.45, 2.75) is 20.0 Å². The van der Waals surface area contributed by atoms with Gasteiger partial charge in [0.1, 0.15) is 11.6 Å². The molecule has 110 valence electrons. The summed E-state index contributed by atoms with van der Waals surface area (Å²) in [6.07, 6.45) is 0.144. The van der Waals surface area contributed by atoms with Crippen molar-refractivity contribution < 1.29 is 9.13 Å². The van der Waals surface area contributed by atoms with Gasteiger partial charge in [-0.25, -0.2) is 4.39 Å². The maximum atomic E-state index is 12.8. The molecule has 0 aliphatic rings. The van der Waals surface area contributed by atoms with Gasteiger partial charge in [-0.3, -0.25) is 0 Å². The molecular weight excluding hydrogens is 287 g/mol. The van der Waals surface area contributed by atoms with E-state index >= 15 is 0 Å². The number of halogens is 1. The van der Waals surface area contributed by atoms with E-state index in [1.165, 1.54) is 12.1 Å². The van der Waals surface area contributed by atoms with Crippen LogP contribution in [0.2, 0.25) is 0 Å². The zero-order chi connectivity index (χ0) is 15.2. The molecule has 0 saturated carbocycles. The summed E-state index contributed by atoms with van der Waals surface area (Å²) in [5.41, 5.74) is 1.58. The fraction of sp³-hybridized carbons (Fsp3) is 0.188. The Bertz CT molecular complexity index is 597. The minimum Gasteiger partial charge on any atom is -0.491 e. The first-order valence-corrected chi connectivity index (χ1v) is 7.04. The topological polar surface area (TPSA) is 33.3 Å². The zero-order valence-corrected chi connectivity index (χ0v) is 12.7. The molecule has 0 aromatic heterocycles. The molecule has 0 aliphatic heterocycles. The highest BCUT2D eigenvalue weighted by Gasteiger charge is 2.01. The molecule has 0 unspecified atom stereocenters. The molecule has 0 bridgehead atoms. The fourth-order valence-electron chi connectivity index (χ4n) is 1.72. The average molecular weight is 304 g/mol. The van der Waals surface area contributed by atoms with E-state index in [9.17, 15) is 4.39 Å². The van der Waals surface area contributed by atoms with E-state index in [0.29, 0.717) is 5.11 Å². The Hall–Kier alpha value is -2.14. The van der Waals surface area contributed by atoms with E-state index in [1.807, 2.05) is 38.1 Å². The van der Waals surface area contributed by atoms with E-state index in [0.717, 1.165) is 17.1 Å². The molecule has 0 aliphatic carbocycles. The van der Waals surface area contributed by atoms with Crippen LogP contribution in [-0.2, 0) is 0 Å². The second-order valence-electron chi connectivity index (χ2n) is 4.78. The SMILES string of the molecule is CC(C)Oc1ccc(NC(=S)Nc2ccc(F)cc2)cc1. The lowest BCUT2D eigenvalue weighted by Crippen LogP contribution is -2.19. The van der Waals surface area contributed by atoms with Crippen molar-refractivity contribution in [1.82, 2.24) is 0 Å². The minimum absolute atomic E-state index is 0.144. The minimum atomic E-state index is -0.278. The van der Waals surface area contributed by atoms with E-state index in [1.54, 1.807) is 12.1 Å². The van der Waals surface area contributed by atoms with E-state index in [2.05, 4.69) is 10.6 Å². The summed E-state index contributed by atoms with van der Waals surface area (Å²) in [6, 6.07) is 13.5. The first-order chi connectivity index (χ1) is 10.0. The molecule has 0 fully saturated rings. The second kappa shape index (κ2) is 7.04. The van der Waals surface area contributed by atoms with Gasteiger partial charge in [0, 0.05) is 11.4 Å². The summed E-state index contributed by atoms with van der Waals surface area (Å²) >= 11 is 5.21. The third kappa shape index (κ3) is 5.04. The van der Waals surface area contributed by atoms with Gasteiger partial charge in [-0.05, 0) is 74.6 Å². The lowest BCUT2D eigenvalue weighted by molar-refractivity contribution is 0.242. The molecule has 0 atom stereocenters. The Morgan fingerprint density at radius 2 is 1.43 bits per heavy atom. The highest BCUT2D eigenvalue weighted by molar-refractivity contribution is 7.80. The molecule has 0 saturated heterocycles. The smallest absolute Gasteiger partial charge is 0.175 e. The van der Waals surface area contributed by atoms with Crippen LogP contribution in [0.25, 0.3) is 0 Å². The molecule has 2 aromatic carbocycles. The van der Waals surface area contributed by atoms with Crippen molar-refractivity contribution in [3.8, 4) is 5.75 Å². The summed E-state index contributed by atoms with van der Waals surface area (Å²) in [5, 5.41) is 6.49. The molecule has 2 rings (SSSR count). The molecule has 2 N–H and O–H groups in total. The van der Waals surface area contributed by atoms with Crippen LogP contribution in [0.3, 0.4) is 0 Å². The van der Waals surface area contributed by atoms with Crippen molar-refractivity contribution in [1.29, 1.82) is 0 Å². The molecule has 2 aromatic rings.